The second-order valence-corrected chi connectivity index (χ2v) is 4.11. The number of carboxylic acids is 1. The van der Waals surface area contributed by atoms with Gasteiger partial charge in [0, 0.05) is 6.54 Å². The van der Waals surface area contributed by atoms with E-state index in [9.17, 15) is 35.9 Å². The Balaban J connectivity index is 2.92. The molecule has 1 N–H and O–H groups in total. The molecule has 0 radical (unpaired) electrons. The van der Waals surface area contributed by atoms with Crippen LogP contribution in [0, 0.1) is 5.92 Å². The lowest BCUT2D eigenvalue weighted by Crippen LogP contribution is -2.55. The van der Waals surface area contributed by atoms with Crippen molar-refractivity contribution in [1.82, 2.24) is 4.90 Å². The minimum Gasteiger partial charge on any atom is -0.480 e. The van der Waals surface area contributed by atoms with Crippen LogP contribution in [0.2, 0.25) is 0 Å². The van der Waals surface area contributed by atoms with Crippen molar-refractivity contribution in [2.24, 2.45) is 5.92 Å². The first kappa shape index (κ1) is 15.6. The van der Waals surface area contributed by atoms with Crippen LogP contribution in [0.25, 0.3) is 0 Å². The van der Waals surface area contributed by atoms with Gasteiger partial charge in [0.25, 0.3) is 0 Å². The maximum atomic E-state index is 12.4. The van der Waals surface area contributed by atoms with Crippen LogP contribution in [0.15, 0.2) is 0 Å². The summed E-state index contributed by atoms with van der Waals surface area (Å²) in [4.78, 5) is 21.6. The van der Waals surface area contributed by atoms with Crippen molar-refractivity contribution in [2.75, 3.05) is 6.54 Å². The number of carbonyl (C=O) groups excluding carboxylic acids is 1. The molecule has 0 spiro atoms. The predicted molar refractivity (Wildman–Crippen MR) is 48.0 cm³/mol. The van der Waals surface area contributed by atoms with Gasteiger partial charge in [-0.1, -0.05) is 0 Å². The van der Waals surface area contributed by atoms with Crippen molar-refractivity contribution in [1.29, 1.82) is 0 Å². The van der Waals surface area contributed by atoms with Crippen LogP contribution in [0.5, 0.6) is 0 Å². The number of hydrogen-bond acceptors (Lipinski definition) is 2. The molecule has 1 aliphatic rings. The molecule has 0 unspecified atom stereocenters. The van der Waals surface area contributed by atoms with E-state index < -0.39 is 55.6 Å². The molecule has 10 heteroatoms. The smallest absolute Gasteiger partial charge is 0.471 e. The fourth-order valence-corrected chi connectivity index (χ4v) is 1.90. The van der Waals surface area contributed by atoms with Crippen molar-refractivity contribution in [3.8, 4) is 0 Å². The Morgan fingerprint density at radius 3 is 2.00 bits per heavy atom. The van der Waals surface area contributed by atoms with Crippen molar-refractivity contribution in [2.45, 2.75) is 31.2 Å². The van der Waals surface area contributed by atoms with Gasteiger partial charge >= 0.3 is 24.2 Å². The van der Waals surface area contributed by atoms with Gasteiger partial charge < -0.3 is 10.0 Å². The van der Waals surface area contributed by atoms with E-state index >= 15 is 0 Å². The van der Waals surface area contributed by atoms with E-state index in [0.29, 0.717) is 0 Å². The van der Waals surface area contributed by atoms with Crippen LogP contribution in [-0.2, 0) is 9.59 Å². The summed E-state index contributed by atoms with van der Waals surface area (Å²) < 4.78 is 73.9. The molecule has 1 heterocycles. The zero-order valence-corrected chi connectivity index (χ0v) is 9.25. The highest BCUT2D eigenvalue weighted by atomic mass is 19.4. The largest absolute Gasteiger partial charge is 0.480 e. The second-order valence-electron chi connectivity index (χ2n) is 4.11. The molecular formula is C9H9F6NO3. The first-order valence-electron chi connectivity index (χ1n) is 5.12. The molecule has 0 aromatic heterocycles. The Morgan fingerprint density at radius 1 is 1.11 bits per heavy atom. The third-order valence-electron chi connectivity index (χ3n) is 2.85. The second kappa shape index (κ2) is 4.89. The Bertz CT molecular complexity index is 377. The highest BCUT2D eigenvalue weighted by Crippen LogP contribution is 2.37. The Hall–Kier alpha value is -1.48. The van der Waals surface area contributed by atoms with E-state index in [-0.39, 0.29) is 4.90 Å². The lowest BCUT2D eigenvalue weighted by Gasteiger charge is -2.37. The number of rotatable bonds is 1. The van der Waals surface area contributed by atoms with Crippen molar-refractivity contribution >= 4 is 11.9 Å². The van der Waals surface area contributed by atoms with Gasteiger partial charge in [-0.2, -0.15) is 26.3 Å². The van der Waals surface area contributed by atoms with E-state index in [2.05, 4.69) is 0 Å². The molecule has 4 nitrogen and oxygen atoms in total. The van der Waals surface area contributed by atoms with Crippen LogP contribution < -0.4 is 0 Å². The summed E-state index contributed by atoms with van der Waals surface area (Å²) in [5.74, 6) is -6.34. The van der Waals surface area contributed by atoms with E-state index in [1.54, 1.807) is 0 Å². The SMILES string of the molecule is O=C(O)[C@@H]1C[C@H](C(F)(F)F)CCN1C(=O)C(F)(F)F. The Labute approximate surface area is 103 Å². The normalized spacial score (nSPS) is 25.3. The van der Waals surface area contributed by atoms with Gasteiger partial charge in [-0.05, 0) is 12.8 Å². The standard InChI is InChI=1S/C9H9F6NO3/c10-8(11,12)4-1-2-16(5(3-4)6(17)18)7(19)9(13,14)15/h4-5H,1-3H2,(H,17,18)/t4-,5+/m1/s1. The number of amides is 1. The minimum atomic E-state index is -5.31. The number of likely N-dealkylation sites (tertiary alicyclic amines) is 1. The Kier molecular flexibility index (Phi) is 4.01. The fourth-order valence-electron chi connectivity index (χ4n) is 1.90. The first-order chi connectivity index (χ1) is 8.44. The monoisotopic (exact) mass is 293 g/mol. The number of carboxylic acid groups (broad SMARTS) is 1. The average Bonchev–Trinajstić information content (AvgIpc) is 2.24. The number of nitrogens with zero attached hydrogens (tertiary/aromatic N) is 1. The molecule has 0 saturated carbocycles. The maximum Gasteiger partial charge on any atom is 0.471 e. The molecular weight excluding hydrogens is 284 g/mol. The van der Waals surface area contributed by atoms with E-state index in [4.69, 9.17) is 5.11 Å². The molecule has 0 bridgehead atoms. The third kappa shape index (κ3) is 3.51. The number of hydrogen-bond donors (Lipinski definition) is 1. The quantitative estimate of drug-likeness (QED) is 0.750. The van der Waals surface area contributed by atoms with Crippen LogP contribution in [-0.4, -0.2) is 46.8 Å². The molecule has 110 valence electrons. The molecule has 0 aromatic rings. The summed E-state index contributed by atoms with van der Waals surface area (Å²) in [6.07, 6.45) is -11.8. The topological polar surface area (TPSA) is 57.6 Å². The molecule has 0 aliphatic carbocycles. The van der Waals surface area contributed by atoms with Crippen molar-refractivity contribution in [3.63, 3.8) is 0 Å². The van der Waals surface area contributed by atoms with E-state index in [1.165, 1.54) is 0 Å². The van der Waals surface area contributed by atoms with Gasteiger partial charge in [0.1, 0.15) is 6.04 Å². The summed E-state index contributed by atoms with van der Waals surface area (Å²) in [5.41, 5.74) is 0. The lowest BCUT2D eigenvalue weighted by atomic mass is 9.90. The maximum absolute atomic E-state index is 12.4. The molecule has 1 aliphatic heterocycles. The summed E-state index contributed by atoms with van der Waals surface area (Å²) >= 11 is 0. The number of halogens is 6. The molecule has 1 amide bonds. The summed E-state index contributed by atoms with van der Waals surface area (Å²) in [5, 5.41) is 8.68. The van der Waals surface area contributed by atoms with Gasteiger partial charge in [0.05, 0.1) is 5.92 Å². The summed E-state index contributed by atoms with van der Waals surface area (Å²) in [6, 6.07) is -2.12. The number of carbonyl (C=O) groups is 2. The van der Waals surface area contributed by atoms with E-state index in [0.717, 1.165) is 0 Å². The van der Waals surface area contributed by atoms with E-state index in [1.807, 2.05) is 0 Å². The van der Waals surface area contributed by atoms with Gasteiger partial charge in [-0.25, -0.2) is 4.79 Å². The Morgan fingerprint density at radius 2 is 1.63 bits per heavy atom. The van der Waals surface area contributed by atoms with Crippen molar-refractivity contribution in [3.05, 3.63) is 0 Å². The predicted octanol–water partition coefficient (Wildman–Crippen LogP) is 1.80. The summed E-state index contributed by atoms with van der Waals surface area (Å²) in [7, 11) is 0. The molecule has 1 fully saturated rings. The molecule has 1 rings (SSSR count). The molecule has 19 heavy (non-hydrogen) atoms. The van der Waals surface area contributed by atoms with Crippen molar-refractivity contribution < 1.29 is 41.0 Å². The fraction of sp³-hybridized carbons (Fsp3) is 0.778. The zero-order valence-electron chi connectivity index (χ0n) is 9.25. The molecule has 1 saturated heterocycles. The van der Waals surface area contributed by atoms with Crippen LogP contribution in [0.3, 0.4) is 0 Å². The first-order valence-corrected chi connectivity index (χ1v) is 5.12. The average molecular weight is 293 g/mol. The summed E-state index contributed by atoms with van der Waals surface area (Å²) in [6.45, 7) is -0.889. The number of aliphatic carboxylic acids is 1. The number of piperidine rings is 1. The highest BCUT2D eigenvalue weighted by Gasteiger charge is 2.52. The lowest BCUT2D eigenvalue weighted by molar-refractivity contribution is -0.207. The highest BCUT2D eigenvalue weighted by molar-refractivity contribution is 5.87. The van der Waals surface area contributed by atoms with Crippen LogP contribution in [0.4, 0.5) is 26.3 Å². The van der Waals surface area contributed by atoms with Crippen LogP contribution >= 0.6 is 0 Å². The number of alkyl halides is 6. The molecule has 0 aromatic carbocycles. The third-order valence-corrected chi connectivity index (χ3v) is 2.85. The van der Waals surface area contributed by atoms with Gasteiger partial charge in [0.2, 0.25) is 0 Å². The van der Waals surface area contributed by atoms with Gasteiger partial charge in [-0.15, -0.1) is 0 Å². The van der Waals surface area contributed by atoms with Gasteiger partial charge in [-0.3, -0.25) is 4.79 Å². The molecule has 2 atom stereocenters. The zero-order chi connectivity index (χ0) is 15.0. The minimum absolute atomic E-state index is 0.0649. The van der Waals surface area contributed by atoms with Gasteiger partial charge in [0.15, 0.2) is 0 Å². The van der Waals surface area contributed by atoms with Crippen LogP contribution in [0.1, 0.15) is 12.8 Å².